The van der Waals surface area contributed by atoms with Crippen molar-refractivity contribution in [2.45, 2.75) is 57.0 Å². The van der Waals surface area contributed by atoms with E-state index < -0.39 is 18.1 Å². The first-order valence-electron chi connectivity index (χ1n) is 12.0. The molecule has 0 aliphatic heterocycles. The minimum Gasteiger partial charge on any atom is -0.480 e. The number of ether oxygens (including phenoxy) is 1. The van der Waals surface area contributed by atoms with Crippen LogP contribution in [0.3, 0.4) is 0 Å². The Balaban J connectivity index is 1.37. The van der Waals surface area contributed by atoms with Crippen LogP contribution in [0.25, 0.3) is 11.1 Å². The Morgan fingerprint density at radius 1 is 1.03 bits per heavy atom. The molecule has 2 amide bonds. The predicted octanol–water partition coefficient (Wildman–Crippen LogP) is 4.41. The van der Waals surface area contributed by atoms with E-state index in [1.54, 1.807) is 0 Å². The molecule has 0 spiro atoms. The van der Waals surface area contributed by atoms with Gasteiger partial charge in [0.1, 0.15) is 12.6 Å². The summed E-state index contributed by atoms with van der Waals surface area (Å²) in [6.07, 6.45) is 3.29. The van der Waals surface area contributed by atoms with Crippen LogP contribution in [0.2, 0.25) is 0 Å². The van der Waals surface area contributed by atoms with Crippen LogP contribution in [0, 0.1) is 5.92 Å². The second kappa shape index (κ2) is 10.3. The van der Waals surface area contributed by atoms with Crippen molar-refractivity contribution in [1.82, 2.24) is 10.2 Å². The Hall–Kier alpha value is -3.35. The van der Waals surface area contributed by atoms with E-state index in [0.29, 0.717) is 0 Å². The maximum absolute atomic E-state index is 12.7. The van der Waals surface area contributed by atoms with Gasteiger partial charge >= 0.3 is 12.1 Å². The second-order valence-corrected chi connectivity index (χ2v) is 9.34. The fraction of sp³-hybridized carbons (Fsp3) is 0.444. The summed E-state index contributed by atoms with van der Waals surface area (Å²) in [4.78, 5) is 37.9. The molecule has 2 aromatic rings. The van der Waals surface area contributed by atoms with Crippen molar-refractivity contribution in [3.05, 3.63) is 59.7 Å². The van der Waals surface area contributed by atoms with Gasteiger partial charge in [0.2, 0.25) is 5.91 Å². The normalized spacial score (nSPS) is 20.1. The molecular weight excluding hydrogens is 432 g/mol. The molecule has 0 aromatic heterocycles. The van der Waals surface area contributed by atoms with Gasteiger partial charge in [-0.3, -0.25) is 4.79 Å². The number of rotatable bonds is 7. The molecule has 2 aliphatic carbocycles. The number of carbonyl (C=O) groups is 3. The Labute approximate surface area is 200 Å². The van der Waals surface area contributed by atoms with E-state index in [1.165, 1.54) is 30.0 Å². The number of carboxylic acids is 1. The van der Waals surface area contributed by atoms with Crippen molar-refractivity contribution >= 4 is 18.0 Å². The minimum absolute atomic E-state index is 0.00645. The molecule has 0 radical (unpaired) electrons. The number of hydrogen-bond donors (Lipinski definition) is 2. The molecule has 3 atom stereocenters. The Bertz CT molecular complexity index is 1020. The molecule has 1 saturated carbocycles. The third-order valence-corrected chi connectivity index (χ3v) is 7.32. The predicted molar refractivity (Wildman–Crippen MR) is 128 cm³/mol. The molecule has 180 valence electrons. The third kappa shape index (κ3) is 4.93. The van der Waals surface area contributed by atoms with E-state index in [0.717, 1.165) is 36.8 Å². The number of nitrogens with zero attached hydrogens (tertiary/aromatic N) is 1. The summed E-state index contributed by atoms with van der Waals surface area (Å²) in [7, 11) is 1.51. The average Bonchev–Trinajstić information content (AvgIpc) is 3.16. The number of carboxylic acid groups (broad SMARTS) is 1. The lowest BCUT2D eigenvalue weighted by molar-refractivity contribution is -0.148. The molecule has 7 nitrogen and oxygen atoms in total. The highest BCUT2D eigenvalue weighted by Crippen LogP contribution is 2.44. The maximum Gasteiger partial charge on any atom is 0.407 e. The number of benzene rings is 2. The van der Waals surface area contributed by atoms with Crippen LogP contribution in [0.5, 0.6) is 0 Å². The van der Waals surface area contributed by atoms with Gasteiger partial charge in [-0.05, 0) is 47.9 Å². The molecule has 2 N–H and O–H groups in total. The summed E-state index contributed by atoms with van der Waals surface area (Å²) < 4.78 is 5.69. The van der Waals surface area contributed by atoms with Gasteiger partial charge in [0.15, 0.2) is 0 Å². The smallest absolute Gasteiger partial charge is 0.407 e. The van der Waals surface area contributed by atoms with Gasteiger partial charge in [0.05, 0.1) is 0 Å². The van der Waals surface area contributed by atoms with Crippen molar-refractivity contribution in [2.24, 2.45) is 5.92 Å². The van der Waals surface area contributed by atoms with E-state index in [4.69, 9.17) is 4.74 Å². The van der Waals surface area contributed by atoms with Gasteiger partial charge < -0.3 is 20.1 Å². The van der Waals surface area contributed by atoms with E-state index in [2.05, 4.69) is 29.6 Å². The first-order chi connectivity index (χ1) is 16.4. The van der Waals surface area contributed by atoms with Crippen LogP contribution in [-0.2, 0) is 14.3 Å². The number of nitrogens with one attached hydrogen (secondary N) is 1. The molecule has 34 heavy (non-hydrogen) atoms. The van der Waals surface area contributed by atoms with Crippen molar-refractivity contribution in [2.75, 3.05) is 13.7 Å². The molecule has 7 heteroatoms. The van der Waals surface area contributed by atoms with Crippen LogP contribution in [0.15, 0.2) is 48.5 Å². The number of alkyl carbamates (subject to hydrolysis) is 1. The fourth-order valence-electron chi connectivity index (χ4n) is 5.18. The van der Waals surface area contributed by atoms with Crippen molar-refractivity contribution < 1.29 is 24.2 Å². The summed E-state index contributed by atoms with van der Waals surface area (Å²) in [5, 5.41) is 12.2. The quantitative estimate of drug-likeness (QED) is 0.633. The van der Waals surface area contributed by atoms with E-state index in [9.17, 15) is 19.5 Å². The lowest BCUT2D eigenvalue weighted by Gasteiger charge is -2.33. The lowest BCUT2D eigenvalue weighted by Crippen LogP contribution is -2.46. The van der Waals surface area contributed by atoms with Gasteiger partial charge in [-0.2, -0.15) is 0 Å². The summed E-state index contributed by atoms with van der Waals surface area (Å²) >= 11 is 0. The number of likely N-dealkylation sites (N-methyl/N-ethyl adjacent to an activating group) is 1. The van der Waals surface area contributed by atoms with Crippen LogP contribution < -0.4 is 5.32 Å². The molecule has 0 unspecified atom stereocenters. The molecule has 0 heterocycles. The minimum atomic E-state index is -1.03. The highest BCUT2D eigenvalue weighted by molar-refractivity contribution is 5.83. The monoisotopic (exact) mass is 464 g/mol. The molecule has 0 saturated heterocycles. The van der Waals surface area contributed by atoms with Crippen molar-refractivity contribution in [3.63, 3.8) is 0 Å². The van der Waals surface area contributed by atoms with Gasteiger partial charge in [-0.1, -0.05) is 61.4 Å². The molecule has 2 aliphatic rings. The Morgan fingerprint density at radius 3 is 2.24 bits per heavy atom. The molecule has 1 fully saturated rings. The first-order valence-corrected chi connectivity index (χ1v) is 12.0. The highest BCUT2D eigenvalue weighted by Gasteiger charge is 2.33. The Morgan fingerprint density at radius 2 is 1.62 bits per heavy atom. The zero-order chi connectivity index (χ0) is 24.2. The van der Waals surface area contributed by atoms with Gasteiger partial charge in [0, 0.05) is 25.4 Å². The van der Waals surface area contributed by atoms with Crippen molar-refractivity contribution in [1.29, 1.82) is 0 Å². The average molecular weight is 465 g/mol. The number of fused-ring (bicyclic) bond motifs is 3. The third-order valence-electron chi connectivity index (χ3n) is 7.32. The number of aliphatic carboxylic acids is 1. The second-order valence-electron chi connectivity index (χ2n) is 9.34. The van der Waals surface area contributed by atoms with Crippen LogP contribution in [0.1, 0.15) is 56.1 Å². The zero-order valence-corrected chi connectivity index (χ0v) is 19.7. The number of amides is 2. The summed E-state index contributed by atoms with van der Waals surface area (Å²) in [6, 6.07) is 15.4. The summed E-state index contributed by atoms with van der Waals surface area (Å²) in [5.74, 6) is -1.30. The molecule has 0 bridgehead atoms. The van der Waals surface area contributed by atoms with Gasteiger partial charge in [0.25, 0.3) is 0 Å². The molecular formula is C27H32N2O5. The van der Waals surface area contributed by atoms with Gasteiger partial charge in [-0.15, -0.1) is 0 Å². The van der Waals surface area contributed by atoms with E-state index in [-0.39, 0.29) is 36.8 Å². The lowest BCUT2D eigenvalue weighted by atomic mass is 9.82. The summed E-state index contributed by atoms with van der Waals surface area (Å²) in [6.45, 7) is 1.74. The number of carbonyl (C=O) groups excluding carboxylic acids is 2. The summed E-state index contributed by atoms with van der Waals surface area (Å²) in [5.41, 5.74) is 4.68. The first kappa shape index (κ1) is 23.8. The van der Waals surface area contributed by atoms with Crippen LogP contribution >= 0.6 is 0 Å². The molecule has 2 aromatic carbocycles. The van der Waals surface area contributed by atoms with Crippen LogP contribution in [0.4, 0.5) is 4.79 Å². The zero-order valence-electron chi connectivity index (χ0n) is 19.7. The standard InChI is InChI=1S/C27H32N2O5/c1-17(26(31)32)29(2)25(30)15-18-9-3-8-14-24(18)28-27(33)34-16-23-21-12-6-4-10-19(21)20-11-5-7-13-22(20)23/h4-7,10-13,17-18,23-24H,3,8-9,14-16H2,1-2H3,(H,28,33)(H,31,32)/t17-,18-,24-/m0/s1. The Kier molecular flexibility index (Phi) is 7.20. The largest absolute Gasteiger partial charge is 0.480 e. The maximum atomic E-state index is 12.7. The fourth-order valence-corrected chi connectivity index (χ4v) is 5.18. The molecule has 4 rings (SSSR count). The highest BCUT2D eigenvalue weighted by atomic mass is 16.5. The van der Waals surface area contributed by atoms with E-state index >= 15 is 0 Å². The van der Waals surface area contributed by atoms with Gasteiger partial charge in [-0.25, -0.2) is 9.59 Å². The van der Waals surface area contributed by atoms with Crippen LogP contribution in [-0.4, -0.2) is 53.7 Å². The number of hydrogen-bond acceptors (Lipinski definition) is 4. The van der Waals surface area contributed by atoms with E-state index in [1.807, 2.05) is 24.3 Å². The SMILES string of the molecule is C[C@@H](C(=O)O)N(C)C(=O)C[C@@H]1CCCC[C@@H]1NC(=O)OCC1c2ccccc2-c2ccccc21. The topological polar surface area (TPSA) is 95.9 Å². The van der Waals surface area contributed by atoms with Crippen molar-refractivity contribution in [3.8, 4) is 11.1 Å².